The molecule has 2 N–H and O–H groups in total. The summed E-state index contributed by atoms with van der Waals surface area (Å²) in [5.41, 5.74) is -0.648. The molecular formula is C15H28N2O2. The maximum absolute atomic E-state index is 11.6. The van der Waals surface area contributed by atoms with E-state index in [9.17, 15) is 9.90 Å². The number of aliphatic carboxylic acids is 1. The number of rotatable bonds is 8. The van der Waals surface area contributed by atoms with E-state index in [2.05, 4.69) is 24.2 Å². The van der Waals surface area contributed by atoms with Crippen LogP contribution in [0.4, 0.5) is 0 Å². The Balaban J connectivity index is 1.86. The van der Waals surface area contributed by atoms with Crippen LogP contribution in [-0.4, -0.2) is 47.2 Å². The standard InChI is InChI=1S/C15H28N2O2/c1-3-4-5-10-17(2)13-8-9-15(11-13,14(18)19)16-12-6-7-12/h12-13,16H,3-11H2,1-2H3,(H,18,19). The smallest absolute Gasteiger partial charge is 0.323 e. The third kappa shape index (κ3) is 3.69. The molecule has 4 heteroatoms. The molecule has 2 unspecified atom stereocenters. The predicted molar refractivity (Wildman–Crippen MR) is 76.3 cm³/mol. The van der Waals surface area contributed by atoms with Crippen LogP contribution in [-0.2, 0) is 4.79 Å². The van der Waals surface area contributed by atoms with Gasteiger partial charge in [-0.05, 0) is 52.1 Å². The van der Waals surface area contributed by atoms with E-state index in [0.29, 0.717) is 12.1 Å². The van der Waals surface area contributed by atoms with Gasteiger partial charge in [0.2, 0.25) is 0 Å². The van der Waals surface area contributed by atoms with Gasteiger partial charge in [0.15, 0.2) is 0 Å². The van der Waals surface area contributed by atoms with E-state index < -0.39 is 11.5 Å². The SMILES string of the molecule is CCCCCN(C)C1CCC(NC2CC2)(C(=O)O)C1. The molecule has 0 aliphatic heterocycles. The molecule has 0 radical (unpaired) electrons. The first-order valence-electron chi connectivity index (χ1n) is 7.79. The summed E-state index contributed by atoms with van der Waals surface area (Å²) in [6.45, 7) is 3.31. The van der Waals surface area contributed by atoms with Crippen molar-refractivity contribution in [1.82, 2.24) is 10.2 Å². The first-order chi connectivity index (χ1) is 9.07. The molecule has 0 aromatic rings. The zero-order valence-corrected chi connectivity index (χ0v) is 12.3. The lowest BCUT2D eigenvalue weighted by atomic mass is 9.97. The van der Waals surface area contributed by atoms with Gasteiger partial charge in [-0.1, -0.05) is 19.8 Å². The minimum absolute atomic E-state index is 0.430. The molecule has 0 aromatic heterocycles. The average Bonchev–Trinajstić information content (AvgIpc) is 3.06. The van der Waals surface area contributed by atoms with Crippen LogP contribution in [0.1, 0.15) is 58.3 Å². The molecule has 2 atom stereocenters. The monoisotopic (exact) mass is 268 g/mol. The molecule has 0 amide bonds. The van der Waals surface area contributed by atoms with Crippen LogP contribution in [0.15, 0.2) is 0 Å². The number of hydrogen-bond donors (Lipinski definition) is 2. The van der Waals surface area contributed by atoms with Crippen molar-refractivity contribution < 1.29 is 9.90 Å². The van der Waals surface area contributed by atoms with Crippen molar-refractivity contribution in [3.8, 4) is 0 Å². The lowest BCUT2D eigenvalue weighted by Crippen LogP contribution is -2.52. The van der Waals surface area contributed by atoms with Gasteiger partial charge in [-0.3, -0.25) is 10.1 Å². The van der Waals surface area contributed by atoms with E-state index in [4.69, 9.17) is 0 Å². The fourth-order valence-corrected chi connectivity index (χ4v) is 3.19. The van der Waals surface area contributed by atoms with Gasteiger partial charge in [0.25, 0.3) is 0 Å². The van der Waals surface area contributed by atoms with Gasteiger partial charge in [0.05, 0.1) is 0 Å². The Labute approximate surface area is 116 Å². The van der Waals surface area contributed by atoms with E-state index >= 15 is 0 Å². The summed E-state index contributed by atoms with van der Waals surface area (Å²) in [5.74, 6) is -0.649. The number of nitrogens with zero attached hydrogens (tertiary/aromatic N) is 1. The van der Waals surface area contributed by atoms with Gasteiger partial charge in [0, 0.05) is 12.1 Å². The second-order valence-electron chi connectivity index (χ2n) is 6.39. The Morgan fingerprint density at radius 2 is 2.11 bits per heavy atom. The molecule has 0 bridgehead atoms. The van der Waals surface area contributed by atoms with Crippen molar-refractivity contribution >= 4 is 5.97 Å². The quantitative estimate of drug-likeness (QED) is 0.663. The van der Waals surface area contributed by atoms with Crippen LogP contribution >= 0.6 is 0 Å². The van der Waals surface area contributed by atoms with Crippen LogP contribution in [0.25, 0.3) is 0 Å². The zero-order chi connectivity index (χ0) is 13.9. The maximum Gasteiger partial charge on any atom is 0.323 e. The third-order valence-electron chi connectivity index (χ3n) is 4.69. The number of carboxylic acid groups (broad SMARTS) is 1. The first kappa shape index (κ1) is 14.8. The van der Waals surface area contributed by atoms with Crippen LogP contribution in [0.5, 0.6) is 0 Å². The van der Waals surface area contributed by atoms with Crippen molar-refractivity contribution in [2.45, 2.75) is 75.9 Å². The fourth-order valence-electron chi connectivity index (χ4n) is 3.19. The van der Waals surface area contributed by atoms with Crippen molar-refractivity contribution in [2.24, 2.45) is 0 Å². The van der Waals surface area contributed by atoms with Crippen molar-refractivity contribution in [3.05, 3.63) is 0 Å². The topological polar surface area (TPSA) is 52.6 Å². The Morgan fingerprint density at radius 3 is 2.68 bits per heavy atom. The zero-order valence-electron chi connectivity index (χ0n) is 12.3. The van der Waals surface area contributed by atoms with E-state index in [1.807, 2.05) is 0 Å². The second-order valence-corrected chi connectivity index (χ2v) is 6.39. The highest BCUT2D eigenvalue weighted by atomic mass is 16.4. The van der Waals surface area contributed by atoms with Crippen LogP contribution in [0.2, 0.25) is 0 Å². The van der Waals surface area contributed by atoms with Gasteiger partial charge in [0.1, 0.15) is 5.54 Å². The summed E-state index contributed by atoms with van der Waals surface area (Å²) in [6, 6.07) is 0.888. The molecule has 0 aromatic carbocycles. The lowest BCUT2D eigenvalue weighted by molar-refractivity contribution is -0.145. The number of carbonyl (C=O) groups is 1. The number of carboxylic acids is 1. The highest BCUT2D eigenvalue weighted by Gasteiger charge is 2.48. The van der Waals surface area contributed by atoms with Crippen molar-refractivity contribution in [1.29, 1.82) is 0 Å². The van der Waals surface area contributed by atoms with Gasteiger partial charge >= 0.3 is 5.97 Å². The van der Waals surface area contributed by atoms with Crippen molar-refractivity contribution in [2.75, 3.05) is 13.6 Å². The average molecular weight is 268 g/mol. The fraction of sp³-hybridized carbons (Fsp3) is 0.933. The molecule has 0 spiro atoms. The Morgan fingerprint density at radius 1 is 1.37 bits per heavy atom. The minimum atomic E-state index is -0.649. The summed E-state index contributed by atoms with van der Waals surface area (Å²) < 4.78 is 0. The van der Waals surface area contributed by atoms with E-state index in [0.717, 1.165) is 38.6 Å². The number of hydrogen-bond acceptors (Lipinski definition) is 3. The molecule has 0 saturated heterocycles. The summed E-state index contributed by atoms with van der Waals surface area (Å²) >= 11 is 0. The van der Waals surface area contributed by atoms with Gasteiger partial charge in [-0.15, -0.1) is 0 Å². The molecule has 2 aliphatic rings. The first-order valence-corrected chi connectivity index (χ1v) is 7.79. The lowest BCUT2D eigenvalue weighted by Gasteiger charge is -2.29. The molecule has 19 heavy (non-hydrogen) atoms. The molecule has 2 saturated carbocycles. The Kier molecular flexibility index (Phi) is 4.85. The largest absolute Gasteiger partial charge is 0.480 e. The minimum Gasteiger partial charge on any atom is -0.480 e. The van der Waals surface area contributed by atoms with E-state index in [-0.39, 0.29) is 0 Å². The predicted octanol–water partition coefficient (Wildman–Crippen LogP) is 2.24. The maximum atomic E-state index is 11.6. The van der Waals surface area contributed by atoms with Crippen LogP contribution < -0.4 is 5.32 Å². The Hall–Kier alpha value is -0.610. The number of nitrogens with one attached hydrogen (secondary N) is 1. The molecule has 110 valence electrons. The van der Waals surface area contributed by atoms with Gasteiger partial charge in [-0.2, -0.15) is 0 Å². The van der Waals surface area contributed by atoms with Crippen molar-refractivity contribution in [3.63, 3.8) is 0 Å². The van der Waals surface area contributed by atoms with E-state index in [1.54, 1.807) is 0 Å². The van der Waals surface area contributed by atoms with Gasteiger partial charge in [-0.25, -0.2) is 0 Å². The van der Waals surface area contributed by atoms with Crippen LogP contribution in [0.3, 0.4) is 0 Å². The summed E-state index contributed by atoms with van der Waals surface area (Å²) in [4.78, 5) is 14.0. The summed E-state index contributed by atoms with van der Waals surface area (Å²) in [7, 11) is 2.15. The Bertz CT molecular complexity index is 317. The summed E-state index contributed by atoms with van der Waals surface area (Å²) in [6.07, 6.45) is 8.57. The molecule has 2 aliphatic carbocycles. The van der Waals surface area contributed by atoms with Crippen LogP contribution in [0, 0.1) is 0 Å². The molecule has 4 nitrogen and oxygen atoms in total. The van der Waals surface area contributed by atoms with Gasteiger partial charge < -0.3 is 10.0 Å². The van der Waals surface area contributed by atoms with E-state index in [1.165, 1.54) is 19.3 Å². The normalized spacial score (nSPS) is 31.0. The molecule has 2 fully saturated rings. The molecular weight excluding hydrogens is 240 g/mol. The third-order valence-corrected chi connectivity index (χ3v) is 4.69. The molecule has 2 rings (SSSR count). The second kappa shape index (κ2) is 6.23. The summed E-state index contributed by atoms with van der Waals surface area (Å²) in [5, 5.41) is 13.0. The molecule has 0 heterocycles. The highest BCUT2D eigenvalue weighted by Crippen LogP contribution is 2.36. The number of unbranched alkanes of at least 4 members (excludes halogenated alkanes) is 2. The highest BCUT2D eigenvalue weighted by molar-refractivity contribution is 5.79.